The molecule has 1 atom stereocenters. The highest BCUT2D eigenvalue weighted by Crippen LogP contribution is 2.36. The molecule has 130 valence electrons. The van der Waals surface area contributed by atoms with Crippen LogP contribution in [0.5, 0.6) is 5.75 Å². The summed E-state index contributed by atoms with van der Waals surface area (Å²) in [6.07, 6.45) is 0. The summed E-state index contributed by atoms with van der Waals surface area (Å²) in [6, 6.07) is 25.4. The van der Waals surface area contributed by atoms with Crippen molar-refractivity contribution in [3.63, 3.8) is 0 Å². The van der Waals surface area contributed by atoms with E-state index in [1.54, 1.807) is 7.11 Å². The summed E-state index contributed by atoms with van der Waals surface area (Å²) in [5, 5.41) is 3.55. The largest absolute Gasteiger partial charge is 0.497 e. The summed E-state index contributed by atoms with van der Waals surface area (Å²) >= 11 is 0. The van der Waals surface area contributed by atoms with E-state index >= 15 is 0 Å². The van der Waals surface area contributed by atoms with Crippen molar-refractivity contribution in [1.29, 1.82) is 0 Å². The molecule has 0 aliphatic carbocycles. The molecule has 1 unspecified atom stereocenters. The molecule has 0 saturated heterocycles. The number of anilines is 2. The lowest BCUT2D eigenvalue weighted by Crippen LogP contribution is -2.40. The number of hydrogen-bond acceptors (Lipinski definition) is 3. The highest BCUT2D eigenvalue weighted by Gasteiger charge is 2.29. The van der Waals surface area contributed by atoms with E-state index in [1.165, 1.54) is 0 Å². The normalized spacial score (nSPS) is 15.7. The molecule has 3 aromatic rings. The lowest BCUT2D eigenvalue weighted by molar-refractivity contribution is 0.0985. The molecule has 0 bridgehead atoms. The van der Waals surface area contributed by atoms with Crippen LogP contribution in [0, 0.1) is 0 Å². The van der Waals surface area contributed by atoms with Gasteiger partial charge in [-0.05, 0) is 42.0 Å². The van der Waals surface area contributed by atoms with Gasteiger partial charge in [-0.1, -0.05) is 42.5 Å². The molecule has 1 aliphatic heterocycles. The zero-order chi connectivity index (χ0) is 17.9. The molecule has 1 heterocycles. The molecule has 1 amide bonds. The number of nitrogens with zero attached hydrogens (tertiary/aromatic N) is 1. The van der Waals surface area contributed by atoms with Crippen LogP contribution in [0.3, 0.4) is 0 Å². The van der Waals surface area contributed by atoms with Crippen LogP contribution in [-0.2, 0) is 0 Å². The first kappa shape index (κ1) is 16.2. The van der Waals surface area contributed by atoms with Crippen molar-refractivity contribution < 1.29 is 9.53 Å². The molecular weight excluding hydrogens is 324 g/mol. The lowest BCUT2D eigenvalue weighted by Gasteiger charge is -2.36. The first-order valence-corrected chi connectivity index (χ1v) is 8.62. The summed E-state index contributed by atoms with van der Waals surface area (Å²) < 4.78 is 5.19. The minimum atomic E-state index is -0.0115. The van der Waals surface area contributed by atoms with Gasteiger partial charge in [0.15, 0.2) is 0 Å². The third kappa shape index (κ3) is 3.02. The molecule has 4 heteroatoms. The van der Waals surface area contributed by atoms with E-state index in [9.17, 15) is 4.79 Å². The van der Waals surface area contributed by atoms with Crippen LogP contribution in [0.4, 0.5) is 11.4 Å². The predicted octanol–water partition coefficient (Wildman–Crippen LogP) is 4.51. The van der Waals surface area contributed by atoms with Gasteiger partial charge in [-0.25, -0.2) is 0 Å². The molecule has 0 aromatic heterocycles. The lowest BCUT2D eigenvalue weighted by atomic mass is 10.0. The number of fused-ring (bicyclic) bond motifs is 1. The van der Waals surface area contributed by atoms with Gasteiger partial charge in [0.05, 0.1) is 31.1 Å². The van der Waals surface area contributed by atoms with Gasteiger partial charge >= 0.3 is 0 Å². The average Bonchev–Trinajstić information content (AvgIpc) is 2.73. The first-order chi connectivity index (χ1) is 12.8. The van der Waals surface area contributed by atoms with Gasteiger partial charge in [-0.3, -0.25) is 4.79 Å². The molecule has 1 aliphatic rings. The zero-order valence-corrected chi connectivity index (χ0v) is 14.6. The number of amides is 1. The topological polar surface area (TPSA) is 41.6 Å². The van der Waals surface area contributed by atoms with E-state index in [-0.39, 0.29) is 11.9 Å². The molecule has 4 nitrogen and oxygen atoms in total. The van der Waals surface area contributed by atoms with Gasteiger partial charge in [-0.2, -0.15) is 0 Å². The fourth-order valence-electron chi connectivity index (χ4n) is 3.30. The van der Waals surface area contributed by atoms with Crippen molar-refractivity contribution in [1.82, 2.24) is 0 Å². The Labute approximate surface area is 153 Å². The Morgan fingerprint density at radius 2 is 1.65 bits per heavy atom. The molecule has 3 aromatic carbocycles. The van der Waals surface area contributed by atoms with Crippen molar-refractivity contribution in [3.8, 4) is 5.75 Å². The van der Waals surface area contributed by atoms with E-state index in [0.29, 0.717) is 12.1 Å². The van der Waals surface area contributed by atoms with Gasteiger partial charge in [0.1, 0.15) is 5.75 Å². The number of para-hydroxylation sites is 2. The Bertz CT molecular complexity index is 907. The van der Waals surface area contributed by atoms with E-state index in [1.807, 2.05) is 71.6 Å². The number of carbonyl (C=O) groups is 1. The van der Waals surface area contributed by atoms with E-state index in [2.05, 4.69) is 17.4 Å². The number of nitrogens with one attached hydrogen (secondary N) is 1. The maximum absolute atomic E-state index is 13.2. The van der Waals surface area contributed by atoms with Crippen molar-refractivity contribution in [2.75, 3.05) is 23.9 Å². The maximum atomic E-state index is 13.2. The SMILES string of the molecule is COc1ccc(C(=O)N2CC(c3ccccc3)Nc3ccccc32)cc1. The third-order valence-corrected chi connectivity index (χ3v) is 4.67. The van der Waals surface area contributed by atoms with Gasteiger partial charge in [0, 0.05) is 5.56 Å². The van der Waals surface area contributed by atoms with Gasteiger partial charge in [0.25, 0.3) is 5.91 Å². The fourth-order valence-corrected chi connectivity index (χ4v) is 3.30. The van der Waals surface area contributed by atoms with Crippen LogP contribution in [0.15, 0.2) is 78.9 Å². The smallest absolute Gasteiger partial charge is 0.258 e. The number of ether oxygens (including phenoxy) is 1. The zero-order valence-electron chi connectivity index (χ0n) is 14.6. The highest BCUT2D eigenvalue weighted by atomic mass is 16.5. The van der Waals surface area contributed by atoms with E-state index in [4.69, 9.17) is 4.74 Å². The van der Waals surface area contributed by atoms with Crippen molar-refractivity contribution in [2.24, 2.45) is 0 Å². The number of rotatable bonds is 3. The predicted molar refractivity (Wildman–Crippen MR) is 104 cm³/mol. The number of methoxy groups -OCH3 is 1. The molecule has 4 rings (SSSR count). The summed E-state index contributed by atoms with van der Waals surface area (Å²) in [7, 11) is 1.62. The molecule has 26 heavy (non-hydrogen) atoms. The second kappa shape index (κ2) is 6.92. The van der Waals surface area contributed by atoms with E-state index in [0.717, 1.165) is 22.7 Å². The standard InChI is InChI=1S/C22H20N2O2/c1-26-18-13-11-17(12-14-18)22(25)24-15-20(16-7-3-2-4-8-16)23-19-9-5-6-10-21(19)24/h2-14,20,23H,15H2,1H3. The van der Waals surface area contributed by atoms with Crippen LogP contribution in [0.25, 0.3) is 0 Å². The van der Waals surface area contributed by atoms with Crippen molar-refractivity contribution >= 4 is 17.3 Å². The van der Waals surface area contributed by atoms with Gasteiger partial charge < -0.3 is 15.0 Å². The second-order valence-electron chi connectivity index (χ2n) is 6.27. The molecule has 0 spiro atoms. The Balaban J connectivity index is 1.70. The number of benzene rings is 3. The second-order valence-corrected chi connectivity index (χ2v) is 6.27. The Morgan fingerprint density at radius 3 is 2.38 bits per heavy atom. The Kier molecular flexibility index (Phi) is 4.32. The van der Waals surface area contributed by atoms with Crippen LogP contribution in [0.1, 0.15) is 22.0 Å². The highest BCUT2D eigenvalue weighted by molar-refractivity contribution is 6.08. The number of carbonyl (C=O) groups excluding carboxylic acids is 1. The Hall–Kier alpha value is -3.27. The van der Waals surface area contributed by atoms with Gasteiger partial charge in [-0.15, -0.1) is 0 Å². The minimum absolute atomic E-state index is 0.0115. The fraction of sp³-hybridized carbons (Fsp3) is 0.136. The minimum Gasteiger partial charge on any atom is -0.497 e. The van der Waals surface area contributed by atoms with Crippen LogP contribution in [-0.4, -0.2) is 19.6 Å². The maximum Gasteiger partial charge on any atom is 0.258 e. The van der Waals surface area contributed by atoms with Crippen molar-refractivity contribution in [3.05, 3.63) is 90.0 Å². The summed E-state index contributed by atoms with van der Waals surface area (Å²) in [5.41, 5.74) is 3.68. The summed E-state index contributed by atoms with van der Waals surface area (Å²) in [4.78, 5) is 15.0. The van der Waals surface area contributed by atoms with Crippen molar-refractivity contribution in [2.45, 2.75) is 6.04 Å². The molecule has 0 saturated carbocycles. The Morgan fingerprint density at radius 1 is 0.962 bits per heavy atom. The average molecular weight is 344 g/mol. The summed E-state index contributed by atoms with van der Waals surface area (Å²) in [6.45, 7) is 0.575. The van der Waals surface area contributed by atoms with Crippen LogP contribution >= 0.6 is 0 Å². The first-order valence-electron chi connectivity index (χ1n) is 8.62. The van der Waals surface area contributed by atoms with Gasteiger partial charge in [0.2, 0.25) is 0 Å². The van der Waals surface area contributed by atoms with Crippen LogP contribution < -0.4 is 15.0 Å². The quantitative estimate of drug-likeness (QED) is 0.760. The molecule has 1 N–H and O–H groups in total. The number of hydrogen-bond donors (Lipinski definition) is 1. The van der Waals surface area contributed by atoms with E-state index < -0.39 is 0 Å². The van der Waals surface area contributed by atoms with Crippen LogP contribution in [0.2, 0.25) is 0 Å². The molecular formula is C22H20N2O2. The third-order valence-electron chi connectivity index (χ3n) is 4.67. The molecule has 0 fully saturated rings. The molecule has 0 radical (unpaired) electrons. The summed E-state index contributed by atoms with van der Waals surface area (Å²) in [5.74, 6) is 0.729. The monoisotopic (exact) mass is 344 g/mol.